The molecule has 6 nitrogen and oxygen atoms in total. The van der Waals surface area contributed by atoms with Crippen molar-refractivity contribution in [2.45, 2.75) is 25.9 Å². The van der Waals surface area contributed by atoms with Gasteiger partial charge in [-0.05, 0) is 49.7 Å². The molecule has 1 aromatic heterocycles. The molecule has 0 spiro atoms. The fraction of sp³-hybridized carbons (Fsp3) is 0.318. The van der Waals surface area contributed by atoms with E-state index in [2.05, 4.69) is 36.3 Å². The molecule has 0 atom stereocenters. The second kappa shape index (κ2) is 9.73. The molecule has 2 heterocycles. The van der Waals surface area contributed by atoms with E-state index in [9.17, 15) is 4.79 Å². The van der Waals surface area contributed by atoms with Crippen molar-refractivity contribution in [1.82, 2.24) is 20.4 Å². The first kappa shape index (κ1) is 21.0. The second-order valence-electron chi connectivity index (χ2n) is 7.38. The third-order valence-electron chi connectivity index (χ3n) is 5.28. The van der Waals surface area contributed by atoms with Gasteiger partial charge in [-0.1, -0.05) is 63.0 Å². The zero-order valence-corrected chi connectivity index (χ0v) is 18.7. The molecule has 156 valence electrons. The van der Waals surface area contributed by atoms with Gasteiger partial charge < -0.3 is 9.84 Å². The van der Waals surface area contributed by atoms with Crippen LogP contribution in [0.1, 0.15) is 24.3 Å². The van der Waals surface area contributed by atoms with E-state index in [0.717, 1.165) is 41.5 Å². The van der Waals surface area contributed by atoms with Crippen LogP contribution in [0.15, 0.2) is 57.5 Å². The first-order valence-corrected chi connectivity index (χ1v) is 11.1. The lowest BCUT2D eigenvalue weighted by molar-refractivity contribution is -0.126. The number of carbonyl (C=O) groups is 1. The SMILES string of the molecule is O=C(NCc1ccccc1Cl)C1CCN(Cc2nc(-c3cccc(Br)c3)no2)CC1. The average molecular weight is 490 g/mol. The third-order valence-corrected chi connectivity index (χ3v) is 6.14. The molecule has 1 saturated heterocycles. The van der Waals surface area contributed by atoms with Gasteiger partial charge in [0.25, 0.3) is 0 Å². The van der Waals surface area contributed by atoms with Gasteiger partial charge in [0.15, 0.2) is 0 Å². The minimum atomic E-state index is 0.0173. The minimum absolute atomic E-state index is 0.0173. The van der Waals surface area contributed by atoms with Crippen molar-refractivity contribution >= 4 is 33.4 Å². The van der Waals surface area contributed by atoms with Gasteiger partial charge in [-0.2, -0.15) is 4.98 Å². The fourth-order valence-corrected chi connectivity index (χ4v) is 4.18. The molecule has 4 rings (SSSR count). The highest BCUT2D eigenvalue weighted by Gasteiger charge is 2.26. The van der Waals surface area contributed by atoms with Gasteiger partial charge in [0.1, 0.15) is 0 Å². The monoisotopic (exact) mass is 488 g/mol. The van der Waals surface area contributed by atoms with Crippen LogP contribution in [0.3, 0.4) is 0 Å². The Labute approximate surface area is 188 Å². The van der Waals surface area contributed by atoms with Crippen LogP contribution in [0.4, 0.5) is 0 Å². The van der Waals surface area contributed by atoms with Gasteiger partial charge in [-0.15, -0.1) is 0 Å². The molecule has 30 heavy (non-hydrogen) atoms. The molecule has 1 N–H and O–H groups in total. The molecule has 0 saturated carbocycles. The summed E-state index contributed by atoms with van der Waals surface area (Å²) in [5, 5.41) is 7.78. The topological polar surface area (TPSA) is 71.3 Å². The average Bonchev–Trinajstić information content (AvgIpc) is 3.22. The zero-order chi connectivity index (χ0) is 20.9. The first-order chi connectivity index (χ1) is 14.6. The standard InChI is InChI=1S/C22H22BrClN4O2/c23-18-6-3-5-16(12-18)21-26-20(30-27-21)14-28-10-8-15(9-11-28)22(29)25-13-17-4-1-2-7-19(17)24/h1-7,12,15H,8-11,13-14H2,(H,25,29). The van der Waals surface area contributed by atoms with Gasteiger partial charge in [-0.25, -0.2) is 0 Å². The number of carbonyl (C=O) groups excluding carboxylic acids is 1. The number of hydrogen-bond donors (Lipinski definition) is 1. The summed E-state index contributed by atoms with van der Waals surface area (Å²) in [6.45, 7) is 2.69. The molecule has 0 aliphatic carbocycles. The van der Waals surface area contributed by atoms with E-state index in [0.29, 0.717) is 29.8 Å². The zero-order valence-electron chi connectivity index (χ0n) is 16.4. The number of piperidine rings is 1. The van der Waals surface area contributed by atoms with Gasteiger partial charge in [0, 0.05) is 27.5 Å². The molecule has 0 unspecified atom stereocenters. The van der Waals surface area contributed by atoms with E-state index < -0.39 is 0 Å². The molecule has 1 fully saturated rings. The van der Waals surface area contributed by atoms with Crippen LogP contribution < -0.4 is 5.32 Å². The number of amides is 1. The Hall–Kier alpha value is -2.22. The lowest BCUT2D eigenvalue weighted by Crippen LogP contribution is -2.40. The summed E-state index contributed by atoms with van der Waals surface area (Å²) in [5.41, 5.74) is 1.84. The Morgan fingerprint density at radius 1 is 1.20 bits per heavy atom. The number of nitrogens with zero attached hydrogens (tertiary/aromatic N) is 3. The number of aromatic nitrogens is 2. The first-order valence-electron chi connectivity index (χ1n) is 9.90. The van der Waals surface area contributed by atoms with Gasteiger partial charge >= 0.3 is 0 Å². The molecule has 1 aliphatic rings. The van der Waals surface area contributed by atoms with Crippen LogP contribution in [0.2, 0.25) is 5.02 Å². The summed E-state index contributed by atoms with van der Waals surface area (Å²) < 4.78 is 6.40. The number of nitrogens with one attached hydrogen (secondary N) is 1. The molecule has 1 aliphatic heterocycles. The summed E-state index contributed by atoms with van der Waals surface area (Å²) in [6.07, 6.45) is 1.61. The Morgan fingerprint density at radius 3 is 2.77 bits per heavy atom. The molecule has 0 radical (unpaired) electrons. The van der Waals surface area contributed by atoms with Gasteiger partial charge in [0.05, 0.1) is 6.54 Å². The molecule has 3 aromatic rings. The second-order valence-corrected chi connectivity index (χ2v) is 8.70. The van der Waals surface area contributed by atoms with E-state index in [-0.39, 0.29) is 11.8 Å². The molecule has 1 amide bonds. The molecule has 8 heteroatoms. The minimum Gasteiger partial charge on any atom is -0.352 e. The Bertz CT molecular complexity index is 1020. The lowest BCUT2D eigenvalue weighted by Gasteiger charge is -2.30. The number of likely N-dealkylation sites (tertiary alicyclic amines) is 1. The van der Waals surface area contributed by atoms with Crippen molar-refractivity contribution in [1.29, 1.82) is 0 Å². The lowest BCUT2D eigenvalue weighted by atomic mass is 9.96. The highest BCUT2D eigenvalue weighted by Crippen LogP contribution is 2.23. The van der Waals surface area contributed by atoms with Gasteiger partial charge in [0.2, 0.25) is 17.6 Å². The molecule has 2 aromatic carbocycles. The quantitative estimate of drug-likeness (QED) is 0.544. The largest absolute Gasteiger partial charge is 0.352 e. The van der Waals surface area contributed by atoms with Crippen molar-refractivity contribution in [3.05, 3.63) is 69.5 Å². The maximum absolute atomic E-state index is 12.5. The van der Waals surface area contributed by atoms with E-state index in [1.807, 2.05) is 48.5 Å². The van der Waals surface area contributed by atoms with E-state index in [1.165, 1.54) is 0 Å². The Kier molecular flexibility index (Phi) is 6.82. The summed E-state index contributed by atoms with van der Waals surface area (Å²) in [5.74, 6) is 1.28. The molecule has 0 bridgehead atoms. The van der Waals surface area contributed by atoms with Crippen LogP contribution in [0.25, 0.3) is 11.4 Å². The fourth-order valence-electron chi connectivity index (χ4n) is 3.58. The van der Waals surface area contributed by atoms with Crippen LogP contribution in [0, 0.1) is 5.92 Å². The number of rotatable bonds is 6. The van der Waals surface area contributed by atoms with Crippen molar-refractivity contribution in [3.8, 4) is 11.4 Å². The van der Waals surface area contributed by atoms with Crippen LogP contribution in [-0.4, -0.2) is 34.0 Å². The highest BCUT2D eigenvalue weighted by molar-refractivity contribution is 9.10. The number of benzene rings is 2. The maximum atomic E-state index is 12.5. The van der Waals surface area contributed by atoms with E-state index in [1.54, 1.807) is 0 Å². The normalized spacial score (nSPS) is 15.3. The Balaban J connectivity index is 1.26. The van der Waals surface area contributed by atoms with E-state index >= 15 is 0 Å². The number of halogens is 2. The maximum Gasteiger partial charge on any atom is 0.241 e. The van der Waals surface area contributed by atoms with Crippen molar-refractivity contribution in [2.75, 3.05) is 13.1 Å². The molecular weight excluding hydrogens is 468 g/mol. The third kappa shape index (κ3) is 5.28. The summed E-state index contributed by atoms with van der Waals surface area (Å²) in [7, 11) is 0. The van der Waals surface area contributed by atoms with Crippen molar-refractivity contribution in [2.24, 2.45) is 5.92 Å². The van der Waals surface area contributed by atoms with Crippen molar-refractivity contribution in [3.63, 3.8) is 0 Å². The van der Waals surface area contributed by atoms with Gasteiger partial charge in [-0.3, -0.25) is 9.69 Å². The molecular formula is C22H22BrClN4O2. The summed E-state index contributed by atoms with van der Waals surface area (Å²) in [6, 6.07) is 15.4. The van der Waals surface area contributed by atoms with Crippen LogP contribution in [0.5, 0.6) is 0 Å². The summed E-state index contributed by atoms with van der Waals surface area (Å²) >= 11 is 9.62. The predicted molar refractivity (Wildman–Crippen MR) is 119 cm³/mol. The highest BCUT2D eigenvalue weighted by atomic mass is 79.9. The summed E-state index contributed by atoms with van der Waals surface area (Å²) in [4.78, 5) is 19.3. The smallest absolute Gasteiger partial charge is 0.241 e. The van der Waals surface area contributed by atoms with Crippen LogP contribution in [-0.2, 0) is 17.9 Å². The van der Waals surface area contributed by atoms with Crippen molar-refractivity contribution < 1.29 is 9.32 Å². The predicted octanol–water partition coefficient (Wildman–Crippen LogP) is 4.68. The van der Waals surface area contributed by atoms with E-state index in [4.69, 9.17) is 16.1 Å². The number of hydrogen-bond acceptors (Lipinski definition) is 5. The Morgan fingerprint density at radius 2 is 2.00 bits per heavy atom. The van der Waals surface area contributed by atoms with Crippen LogP contribution >= 0.6 is 27.5 Å².